The van der Waals surface area contributed by atoms with E-state index in [0.29, 0.717) is 55.4 Å². The predicted octanol–water partition coefficient (Wildman–Crippen LogP) is 29.9. The molecular formula is C120H156N4. The van der Waals surface area contributed by atoms with Gasteiger partial charge in [0.2, 0.25) is 0 Å². The first-order valence-electron chi connectivity index (χ1n) is 51.6. The summed E-state index contributed by atoms with van der Waals surface area (Å²) in [4.78, 5) is 0. The highest BCUT2D eigenvalue weighted by atomic mass is 14.9. The molecule has 0 spiro atoms. The van der Waals surface area contributed by atoms with Crippen molar-refractivity contribution < 1.29 is 0 Å². The van der Waals surface area contributed by atoms with Crippen molar-refractivity contribution >= 4 is 54.2 Å². The van der Waals surface area contributed by atoms with Gasteiger partial charge in [0.1, 0.15) is 0 Å². The lowest BCUT2D eigenvalue weighted by Crippen LogP contribution is -2.54. The summed E-state index contributed by atoms with van der Waals surface area (Å²) in [5.41, 5.74) is 16.9. The third-order valence-corrected chi connectivity index (χ3v) is 42.8. The van der Waals surface area contributed by atoms with E-state index in [1.807, 2.05) is 0 Å². The van der Waals surface area contributed by atoms with Crippen LogP contribution in [0.4, 0.5) is 0 Å². The molecule has 8 aromatic carbocycles. The third-order valence-electron chi connectivity index (χ3n) is 42.8. The molecule has 124 heavy (non-hydrogen) atoms. The molecule has 0 amide bonds. The summed E-state index contributed by atoms with van der Waals surface area (Å²) in [5, 5.41) is 25.4. The lowest BCUT2D eigenvalue weighted by Gasteiger charge is -2.61. The lowest BCUT2D eigenvalue weighted by atomic mass is 9.44. The van der Waals surface area contributed by atoms with Crippen molar-refractivity contribution in [2.45, 2.75) is 297 Å². The van der Waals surface area contributed by atoms with Crippen molar-refractivity contribution in [2.24, 2.45) is 126 Å². The minimum absolute atomic E-state index is 0.341. The highest BCUT2D eigenvalue weighted by Gasteiger charge is 2.64. The first-order valence-corrected chi connectivity index (χ1v) is 51.6. The Labute approximate surface area is 749 Å². The van der Waals surface area contributed by atoms with Crippen LogP contribution in [0.15, 0.2) is 205 Å². The third kappa shape index (κ3) is 14.0. The Bertz CT molecular complexity index is 5310. The van der Waals surface area contributed by atoms with Crippen LogP contribution < -0.4 is 21.3 Å². The molecule has 4 N–H and O–H groups in total. The molecule has 8 aromatic rings. The first-order chi connectivity index (χ1) is 60.1. The topological polar surface area (TPSA) is 48.1 Å². The quantitative estimate of drug-likeness (QED) is 0.115. The summed E-state index contributed by atoms with van der Waals surface area (Å²) in [7, 11) is 8.64. The first kappa shape index (κ1) is 84.4. The zero-order valence-corrected chi connectivity index (χ0v) is 78.6. The fraction of sp³-hybridized carbons (Fsp3) is 0.600. The maximum absolute atomic E-state index is 3.61. The van der Waals surface area contributed by atoms with E-state index in [4.69, 9.17) is 0 Å². The summed E-state index contributed by atoms with van der Waals surface area (Å²) in [5.74, 6) is 14.3. The van der Waals surface area contributed by atoms with Gasteiger partial charge in [-0.25, -0.2) is 0 Å². The van der Waals surface area contributed by atoms with E-state index in [-0.39, 0.29) is 0 Å². The molecule has 28 atom stereocenters. The van der Waals surface area contributed by atoms with Gasteiger partial charge in [0, 0.05) is 24.2 Å². The summed E-state index contributed by atoms with van der Waals surface area (Å²) in [6.45, 7) is 21.2. The summed E-state index contributed by atoms with van der Waals surface area (Å²) in [6.07, 6.45) is 55.5. The van der Waals surface area contributed by atoms with E-state index < -0.39 is 0 Å². The summed E-state index contributed by atoms with van der Waals surface area (Å²) >= 11 is 0. The predicted molar refractivity (Wildman–Crippen MR) is 526 cm³/mol. The maximum atomic E-state index is 3.61. The van der Waals surface area contributed by atoms with Gasteiger partial charge in [-0.1, -0.05) is 249 Å². The van der Waals surface area contributed by atoms with Crippen molar-refractivity contribution in [3.8, 4) is 0 Å². The molecule has 656 valence electrons. The van der Waals surface area contributed by atoms with Crippen LogP contribution in [-0.4, -0.2) is 52.4 Å². The molecule has 16 aliphatic carbocycles. The van der Waals surface area contributed by atoms with Gasteiger partial charge < -0.3 is 21.3 Å². The second-order valence-electron chi connectivity index (χ2n) is 47.1. The van der Waals surface area contributed by atoms with Crippen molar-refractivity contribution in [1.29, 1.82) is 0 Å². The van der Waals surface area contributed by atoms with Crippen LogP contribution in [0.25, 0.3) is 54.2 Å². The Morgan fingerprint density at radius 3 is 1.02 bits per heavy atom. The van der Waals surface area contributed by atoms with Crippen molar-refractivity contribution in [2.75, 3.05) is 28.2 Å². The Balaban J connectivity index is 0.000000101. The van der Waals surface area contributed by atoms with Crippen LogP contribution in [0.5, 0.6) is 0 Å². The van der Waals surface area contributed by atoms with Gasteiger partial charge in [-0.3, -0.25) is 0 Å². The van der Waals surface area contributed by atoms with E-state index in [2.05, 4.69) is 299 Å². The highest BCUT2D eigenvalue weighted by Crippen LogP contribution is 2.74. The SMILES string of the molecule is CN[C@@H]1CC[C@@]2(C)C(=CC[C@@H]3[C@@H]2CC[C@]2(C)C(c4ccc5ccccc5c4)=CC[C@@H]32)C1.CN[C@@H]1CC[C@@]2(C)C(=CC[C@H]3[C@@H]4CC[C@H](c5ccc6ccccc6c5)[C@@]4(C)CC[C@@H]32)C1.CN[C@@H]1CC[C@@]2(C)[C@@H](CC[C@@H]3[C@@H]2CC[C@]2(C)C(c4ccc5ccccc5c4)=CC[C@@H]32)C1.CN[C@@H]1CC[C@@]2(C)[C@@H](CC[C@@H]3[C@@H]2CC[C@]2(C)[C@@H](c4ccc5ccccc5c4)CC[C@@H]32)C1. The largest absolute Gasteiger partial charge is 0.317 e. The van der Waals surface area contributed by atoms with Gasteiger partial charge in [-0.05, 0) is 460 Å². The maximum Gasteiger partial charge on any atom is 0.0102 e. The molecule has 0 bridgehead atoms. The second-order valence-corrected chi connectivity index (χ2v) is 47.1. The number of fused-ring (bicyclic) bond motifs is 24. The minimum atomic E-state index is 0.341. The molecular weight excluding hydrogens is 1500 g/mol. The Morgan fingerprint density at radius 1 is 0.250 bits per heavy atom. The van der Waals surface area contributed by atoms with Gasteiger partial charge in [0.15, 0.2) is 0 Å². The Kier molecular flexibility index (Phi) is 22.4. The van der Waals surface area contributed by atoms with Gasteiger partial charge in [-0.15, -0.1) is 0 Å². The zero-order chi connectivity index (χ0) is 84.9. The molecule has 0 radical (unpaired) electrons. The fourth-order valence-electron chi connectivity index (χ4n) is 35.5. The van der Waals surface area contributed by atoms with Gasteiger partial charge >= 0.3 is 0 Å². The fourth-order valence-corrected chi connectivity index (χ4v) is 35.5. The number of benzene rings is 8. The minimum Gasteiger partial charge on any atom is -0.317 e. The van der Waals surface area contributed by atoms with Gasteiger partial charge in [0.05, 0.1) is 0 Å². The van der Waals surface area contributed by atoms with Crippen LogP contribution in [0.3, 0.4) is 0 Å². The molecule has 12 saturated carbocycles. The highest BCUT2D eigenvalue weighted by molar-refractivity contribution is 5.89. The average molecular weight is 1650 g/mol. The number of hydrogen-bond acceptors (Lipinski definition) is 4. The molecule has 0 heterocycles. The van der Waals surface area contributed by atoms with Crippen LogP contribution in [0, 0.1) is 126 Å². The van der Waals surface area contributed by atoms with Crippen LogP contribution in [0.2, 0.25) is 0 Å². The molecule has 16 aliphatic rings. The standard InChI is InChI=1S/C30H41N.2C30H39N.C30H37N/c4*1-29-16-14-24(31-3)19-23(29)10-11-25-27-13-12-26(30(27,2)17-15-28(25)29)22-9-8-20-6-4-5-7-21(20)18-22/h4-9,18,23-28,31H,10-17,19H2,1-3H3;4-9,12,18,23-25,27-28,31H,10-11,13-17,19H2,1-3H3;4-10,18,24-28,31H,11-17,19H2,1-3H3;4-10,12,18,24-25,27-28,31H,11,13-17,19H2,1-3H3/t23-,24+,25-,26+,27-,28-,29-,30+;23-,24+,25-,27-,28-,29-,30+;24-,25+,26-,27+,28+,29+,30-;24-,25+,27+,28+,29+,30-/m0011/s1. The van der Waals surface area contributed by atoms with Crippen molar-refractivity contribution in [3.63, 3.8) is 0 Å². The molecule has 12 fully saturated rings. The number of nitrogens with one attached hydrogen (secondary N) is 4. The monoisotopic (exact) mass is 1650 g/mol. The molecule has 0 aliphatic heterocycles. The van der Waals surface area contributed by atoms with Crippen molar-refractivity contribution in [1.82, 2.24) is 21.3 Å². The molecule has 4 heteroatoms. The molecule has 0 saturated heterocycles. The Hall–Kier alpha value is -6.40. The molecule has 4 nitrogen and oxygen atoms in total. The summed E-state index contributed by atoms with van der Waals surface area (Å²) in [6, 6.07) is 67.4. The van der Waals surface area contributed by atoms with Crippen LogP contribution in [-0.2, 0) is 0 Å². The lowest BCUT2D eigenvalue weighted by molar-refractivity contribution is -0.109. The molecule has 0 unspecified atom stereocenters. The average Bonchev–Trinajstić information content (AvgIpc) is 1.47. The number of hydrogen-bond donors (Lipinski definition) is 4. The smallest absolute Gasteiger partial charge is 0.0102 e. The van der Waals surface area contributed by atoms with E-state index in [9.17, 15) is 0 Å². The van der Waals surface area contributed by atoms with Crippen LogP contribution in [0.1, 0.15) is 295 Å². The van der Waals surface area contributed by atoms with Crippen molar-refractivity contribution in [3.05, 3.63) is 228 Å². The van der Waals surface area contributed by atoms with E-state index in [1.165, 1.54) is 260 Å². The zero-order valence-electron chi connectivity index (χ0n) is 78.6. The Morgan fingerprint density at radius 2 is 0.581 bits per heavy atom. The van der Waals surface area contributed by atoms with E-state index in [0.717, 1.165) is 107 Å². The van der Waals surface area contributed by atoms with Gasteiger partial charge in [0.25, 0.3) is 0 Å². The van der Waals surface area contributed by atoms with Gasteiger partial charge in [-0.2, -0.15) is 0 Å². The molecule has 24 rings (SSSR count). The van der Waals surface area contributed by atoms with E-state index >= 15 is 0 Å². The number of rotatable bonds is 8. The molecule has 0 aromatic heterocycles. The number of allylic oxidation sites excluding steroid dienone is 6. The van der Waals surface area contributed by atoms with E-state index in [1.54, 1.807) is 33.4 Å². The normalized spacial score (nSPS) is 41.9. The van der Waals surface area contributed by atoms with Crippen LogP contribution >= 0.6 is 0 Å². The summed E-state index contributed by atoms with van der Waals surface area (Å²) < 4.78 is 0. The second kappa shape index (κ2) is 32.9.